The Balaban J connectivity index is 0. The predicted molar refractivity (Wildman–Crippen MR) is 81.6 cm³/mol. The summed E-state index contributed by atoms with van der Waals surface area (Å²) < 4.78 is 32.1. The molecule has 0 aliphatic rings. The van der Waals surface area contributed by atoms with Gasteiger partial charge in [0, 0.05) is 5.25 Å². The molecule has 0 spiro atoms. The summed E-state index contributed by atoms with van der Waals surface area (Å²) in [6.07, 6.45) is 11.4. The standard InChI is InChI=1S/C15H32O4S.Na/c1-14(16)12-10-8-6-4-3-5-7-9-11-13-15(2)20(17,18)19;/h14-16H,3-13H2,1-2H3,(H,17,18,19);/q;+1/p-1. The van der Waals surface area contributed by atoms with Crippen molar-refractivity contribution in [2.45, 2.75) is 95.8 Å². The minimum absolute atomic E-state index is 0. The molecular formula is C15H31NaO4S. The molecule has 0 fully saturated rings. The monoisotopic (exact) mass is 330 g/mol. The fourth-order valence-corrected chi connectivity index (χ4v) is 2.71. The van der Waals surface area contributed by atoms with Gasteiger partial charge in [-0.1, -0.05) is 57.8 Å². The van der Waals surface area contributed by atoms with Gasteiger partial charge in [0.15, 0.2) is 0 Å². The van der Waals surface area contributed by atoms with Crippen LogP contribution in [0.15, 0.2) is 0 Å². The van der Waals surface area contributed by atoms with Gasteiger partial charge in [0.25, 0.3) is 0 Å². The zero-order valence-corrected chi connectivity index (χ0v) is 16.8. The molecule has 21 heavy (non-hydrogen) atoms. The van der Waals surface area contributed by atoms with E-state index < -0.39 is 15.4 Å². The molecule has 1 N–H and O–H groups in total. The van der Waals surface area contributed by atoms with Crippen molar-refractivity contribution in [2.75, 3.05) is 0 Å². The van der Waals surface area contributed by atoms with Crippen molar-refractivity contribution in [3.63, 3.8) is 0 Å². The Kier molecular flexibility index (Phi) is 16.6. The van der Waals surface area contributed by atoms with Crippen molar-refractivity contribution in [3.05, 3.63) is 0 Å². The van der Waals surface area contributed by atoms with Crippen molar-refractivity contribution in [3.8, 4) is 0 Å². The van der Waals surface area contributed by atoms with Gasteiger partial charge in [0.1, 0.15) is 0 Å². The number of unbranched alkanes of at least 4 members (excludes halogenated alkanes) is 8. The molecular weight excluding hydrogens is 299 g/mol. The van der Waals surface area contributed by atoms with Gasteiger partial charge < -0.3 is 9.66 Å². The fourth-order valence-electron chi connectivity index (χ4n) is 2.25. The number of hydrogen-bond donors (Lipinski definition) is 1. The summed E-state index contributed by atoms with van der Waals surface area (Å²) in [5.74, 6) is 0. The molecule has 2 unspecified atom stereocenters. The van der Waals surface area contributed by atoms with Gasteiger partial charge in [0.2, 0.25) is 0 Å². The van der Waals surface area contributed by atoms with E-state index in [2.05, 4.69) is 0 Å². The summed E-state index contributed by atoms with van der Waals surface area (Å²) >= 11 is 0. The van der Waals surface area contributed by atoms with E-state index >= 15 is 0 Å². The molecule has 0 aromatic rings. The second-order valence-electron chi connectivity index (χ2n) is 5.91. The van der Waals surface area contributed by atoms with Crippen LogP contribution in [0.25, 0.3) is 0 Å². The number of hydrogen-bond acceptors (Lipinski definition) is 4. The van der Waals surface area contributed by atoms with Gasteiger partial charge in [-0.25, -0.2) is 8.42 Å². The van der Waals surface area contributed by atoms with E-state index in [-0.39, 0.29) is 35.7 Å². The quantitative estimate of drug-likeness (QED) is 0.305. The van der Waals surface area contributed by atoms with Crippen LogP contribution >= 0.6 is 0 Å². The number of aliphatic hydroxyl groups excluding tert-OH is 1. The number of aliphatic hydroxyl groups is 1. The Morgan fingerprint density at radius 2 is 1.14 bits per heavy atom. The molecule has 0 heterocycles. The largest absolute Gasteiger partial charge is 1.00 e. The average molecular weight is 330 g/mol. The van der Waals surface area contributed by atoms with Crippen molar-refractivity contribution in [2.24, 2.45) is 0 Å². The van der Waals surface area contributed by atoms with Gasteiger partial charge in [-0.3, -0.25) is 0 Å². The molecule has 0 bridgehead atoms. The van der Waals surface area contributed by atoms with Crippen molar-refractivity contribution >= 4 is 10.1 Å². The topological polar surface area (TPSA) is 77.4 Å². The van der Waals surface area contributed by atoms with Crippen LogP contribution in [0.5, 0.6) is 0 Å². The van der Waals surface area contributed by atoms with Gasteiger partial charge >= 0.3 is 29.6 Å². The summed E-state index contributed by atoms with van der Waals surface area (Å²) in [5, 5.41) is 8.37. The molecule has 0 rings (SSSR count). The van der Waals surface area contributed by atoms with Crippen LogP contribution in [0.3, 0.4) is 0 Å². The van der Waals surface area contributed by atoms with Crippen LogP contribution in [-0.4, -0.2) is 29.4 Å². The minimum Gasteiger partial charge on any atom is -0.748 e. The summed E-state index contributed by atoms with van der Waals surface area (Å²) in [6.45, 7) is 3.33. The maximum Gasteiger partial charge on any atom is 1.00 e. The summed E-state index contributed by atoms with van der Waals surface area (Å²) in [6, 6.07) is 0. The van der Waals surface area contributed by atoms with Crippen molar-refractivity contribution < 1.29 is 47.6 Å². The van der Waals surface area contributed by atoms with Crippen LogP contribution in [0, 0.1) is 0 Å². The Morgan fingerprint density at radius 1 is 0.810 bits per heavy atom. The molecule has 0 aliphatic heterocycles. The molecule has 0 aromatic carbocycles. The molecule has 2 atom stereocenters. The van der Waals surface area contributed by atoms with Gasteiger partial charge in [-0.2, -0.15) is 0 Å². The van der Waals surface area contributed by atoms with Crippen molar-refractivity contribution in [1.82, 2.24) is 0 Å². The maximum absolute atomic E-state index is 10.7. The van der Waals surface area contributed by atoms with E-state index in [4.69, 9.17) is 5.11 Å². The second kappa shape index (κ2) is 14.5. The van der Waals surface area contributed by atoms with Crippen LogP contribution in [0.1, 0.15) is 84.5 Å². The number of rotatable bonds is 13. The smallest absolute Gasteiger partial charge is 0.748 e. The Hall–Kier alpha value is 0.870. The molecule has 0 radical (unpaired) electrons. The van der Waals surface area contributed by atoms with Crippen LogP contribution in [-0.2, 0) is 10.1 Å². The molecule has 0 aromatic heterocycles. The summed E-state index contributed by atoms with van der Waals surface area (Å²) in [7, 11) is -4.09. The fraction of sp³-hybridized carbons (Fsp3) is 1.00. The van der Waals surface area contributed by atoms with Crippen LogP contribution < -0.4 is 29.6 Å². The molecule has 6 heteroatoms. The first-order valence-electron chi connectivity index (χ1n) is 7.97. The van der Waals surface area contributed by atoms with Crippen LogP contribution in [0.2, 0.25) is 0 Å². The van der Waals surface area contributed by atoms with E-state index in [1.807, 2.05) is 6.92 Å². The first kappa shape index (κ1) is 24.1. The molecule has 0 saturated carbocycles. The third kappa shape index (κ3) is 17.1. The first-order chi connectivity index (χ1) is 9.34. The zero-order valence-electron chi connectivity index (χ0n) is 14.0. The third-order valence-electron chi connectivity index (χ3n) is 3.73. The average Bonchev–Trinajstić information content (AvgIpc) is 2.34. The Morgan fingerprint density at radius 3 is 1.48 bits per heavy atom. The van der Waals surface area contributed by atoms with E-state index in [1.54, 1.807) is 0 Å². The summed E-state index contributed by atoms with van der Waals surface area (Å²) in [4.78, 5) is 0. The van der Waals surface area contributed by atoms with Crippen molar-refractivity contribution in [1.29, 1.82) is 0 Å². The van der Waals surface area contributed by atoms with E-state index in [0.717, 1.165) is 32.1 Å². The molecule has 0 saturated heterocycles. The normalized spacial score (nSPS) is 14.5. The Bertz CT molecular complexity index is 318. The van der Waals surface area contributed by atoms with Gasteiger partial charge in [-0.15, -0.1) is 0 Å². The van der Waals surface area contributed by atoms with Gasteiger partial charge in [-0.05, 0) is 26.7 Å². The SMILES string of the molecule is CC(O)CCCCCCCCCCCC(C)S(=O)(=O)[O-].[Na+]. The first-order valence-corrected chi connectivity index (χ1v) is 9.44. The molecule has 0 amide bonds. The zero-order chi connectivity index (χ0) is 15.4. The third-order valence-corrected chi connectivity index (χ3v) is 4.95. The summed E-state index contributed by atoms with van der Waals surface area (Å²) in [5.41, 5.74) is 0. The molecule has 4 nitrogen and oxygen atoms in total. The van der Waals surface area contributed by atoms with E-state index in [9.17, 15) is 13.0 Å². The minimum atomic E-state index is -4.09. The molecule has 122 valence electrons. The maximum atomic E-state index is 10.7. The van der Waals surface area contributed by atoms with Crippen LogP contribution in [0.4, 0.5) is 0 Å². The Labute approximate surface area is 153 Å². The van der Waals surface area contributed by atoms with Gasteiger partial charge in [0.05, 0.1) is 16.2 Å². The predicted octanol–water partition coefficient (Wildman–Crippen LogP) is 0.596. The second-order valence-corrected chi connectivity index (χ2v) is 7.70. The van der Waals surface area contributed by atoms with E-state index in [0.29, 0.717) is 6.42 Å². The van der Waals surface area contributed by atoms with E-state index in [1.165, 1.54) is 39.0 Å². The molecule has 0 aliphatic carbocycles.